The summed E-state index contributed by atoms with van der Waals surface area (Å²) < 4.78 is 0. The van der Waals surface area contributed by atoms with Gasteiger partial charge in [-0.05, 0) is 23.2 Å². The fraction of sp³-hybridized carbons (Fsp3) is 0.692. The van der Waals surface area contributed by atoms with Crippen LogP contribution in [0, 0.1) is 23.2 Å². The molecule has 0 amide bonds. The summed E-state index contributed by atoms with van der Waals surface area (Å²) in [6.45, 7) is 11.6. The molecular weight excluding hydrogens is 156 g/mol. The fourth-order valence-electron chi connectivity index (χ4n) is 2.28. The predicted octanol–water partition coefficient (Wildman–Crippen LogP) is 4.05. The van der Waals surface area contributed by atoms with Gasteiger partial charge < -0.3 is 0 Å². The van der Waals surface area contributed by atoms with Crippen molar-refractivity contribution >= 4 is 0 Å². The van der Waals surface area contributed by atoms with Crippen LogP contribution in [0.15, 0.2) is 24.3 Å². The highest BCUT2D eigenvalue weighted by Gasteiger charge is 2.35. The van der Waals surface area contributed by atoms with Crippen LogP contribution >= 0.6 is 0 Å². The van der Waals surface area contributed by atoms with Crippen LogP contribution in [0.4, 0.5) is 0 Å². The molecule has 0 aromatic rings. The van der Waals surface area contributed by atoms with E-state index >= 15 is 0 Å². The SMILES string of the molecule is CC(C)C1C=CC=CC1(C)C(C)C. The van der Waals surface area contributed by atoms with Gasteiger partial charge in [-0.25, -0.2) is 0 Å². The molecule has 0 nitrogen and oxygen atoms in total. The van der Waals surface area contributed by atoms with Gasteiger partial charge in [0.2, 0.25) is 0 Å². The van der Waals surface area contributed by atoms with E-state index in [-0.39, 0.29) is 0 Å². The highest BCUT2D eigenvalue weighted by molar-refractivity contribution is 5.20. The van der Waals surface area contributed by atoms with Crippen LogP contribution in [-0.2, 0) is 0 Å². The molecule has 1 aliphatic rings. The monoisotopic (exact) mass is 178 g/mol. The number of allylic oxidation sites excluding steroid dienone is 4. The topological polar surface area (TPSA) is 0 Å². The van der Waals surface area contributed by atoms with E-state index in [1.165, 1.54) is 0 Å². The maximum atomic E-state index is 2.38. The second-order valence-electron chi connectivity index (χ2n) is 5.03. The minimum atomic E-state index is 0.350. The third kappa shape index (κ3) is 1.87. The molecule has 0 heteroatoms. The lowest BCUT2D eigenvalue weighted by Gasteiger charge is -2.41. The smallest absolute Gasteiger partial charge is 0.00551 e. The van der Waals surface area contributed by atoms with Crippen LogP contribution in [-0.4, -0.2) is 0 Å². The summed E-state index contributed by atoms with van der Waals surface area (Å²) in [5.41, 5.74) is 0.350. The van der Waals surface area contributed by atoms with Crippen molar-refractivity contribution in [2.75, 3.05) is 0 Å². The zero-order valence-electron chi connectivity index (χ0n) is 9.54. The molecule has 0 aliphatic heterocycles. The van der Waals surface area contributed by atoms with Gasteiger partial charge in [0.25, 0.3) is 0 Å². The van der Waals surface area contributed by atoms with Gasteiger partial charge in [-0.2, -0.15) is 0 Å². The highest BCUT2D eigenvalue weighted by Crippen LogP contribution is 2.43. The van der Waals surface area contributed by atoms with Crippen molar-refractivity contribution in [3.63, 3.8) is 0 Å². The standard InChI is InChI=1S/C13H22/c1-10(2)12-8-6-7-9-13(12,5)11(3)4/h6-12H,1-5H3. The van der Waals surface area contributed by atoms with Gasteiger partial charge in [0.05, 0.1) is 0 Å². The van der Waals surface area contributed by atoms with Crippen molar-refractivity contribution in [3.8, 4) is 0 Å². The van der Waals surface area contributed by atoms with Crippen molar-refractivity contribution in [3.05, 3.63) is 24.3 Å². The third-order valence-corrected chi connectivity index (χ3v) is 3.57. The van der Waals surface area contributed by atoms with Crippen molar-refractivity contribution in [1.29, 1.82) is 0 Å². The first-order chi connectivity index (χ1) is 5.98. The van der Waals surface area contributed by atoms with Crippen molar-refractivity contribution in [1.82, 2.24) is 0 Å². The Morgan fingerprint density at radius 1 is 1.08 bits per heavy atom. The first kappa shape index (κ1) is 10.6. The molecule has 0 fully saturated rings. The summed E-state index contributed by atoms with van der Waals surface area (Å²) in [7, 11) is 0. The van der Waals surface area contributed by atoms with E-state index in [0.717, 1.165) is 5.92 Å². The Hall–Kier alpha value is -0.520. The summed E-state index contributed by atoms with van der Waals surface area (Å²) in [5.74, 6) is 2.13. The van der Waals surface area contributed by atoms with Gasteiger partial charge in [0, 0.05) is 0 Å². The van der Waals surface area contributed by atoms with E-state index in [1.54, 1.807) is 0 Å². The van der Waals surface area contributed by atoms with Gasteiger partial charge in [-0.3, -0.25) is 0 Å². The molecule has 1 rings (SSSR count). The molecule has 0 spiro atoms. The zero-order chi connectivity index (χ0) is 10.1. The molecule has 74 valence electrons. The lowest BCUT2D eigenvalue weighted by atomic mass is 9.63. The molecule has 0 saturated carbocycles. The van der Waals surface area contributed by atoms with Gasteiger partial charge in [-0.1, -0.05) is 58.9 Å². The van der Waals surface area contributed by atoms with E-state index in [9.17, 15) is 0 Å². The molecular formula is C13H22. The second-order valence-corrected chi connectivity index (χ2v) is 5.03. The lowest BCUT2D eigenvalue weighted by molar-refractivity contribution is 0.169. The summed E-state index contributed by atoms with van der Waals surface area (Å²) >= 11 is 0. The average molecular weight is 178 g/mol. The molecule has 0 bridgehead atoms. The molecule has 0 saturated heterocycles. The molecule has 0 aromatic heterocycles. The fourth-order valence-corrected chi connectivity index (χ4v) is 2.28. The third-order valence-electron chi connectivity index (χ3n) is 3.57. The van der Waals surface area contributed by atoms with E-state index in [2.05, 4.69) is 58.9 Å². The highest BCUT2D eigenvalue weighted by atomic mass is 14.4. The minimum absolute atomic E-state index is 0.350. The summed E-state index contributed by atoms with van der Waals surface area (Å²) in [6, 6.07) is 0. The zero-order valence-corrected chi connectivity index (χ0v) is 9.54. The van der Waals surface area contributed by atoms with Crippen LogP contribution < -0.4 is 0 Å². The minimum Gasteiger partial charge on any atom is -0.0803 e. The Bertz CT molecular complexity index is 220. The van der Waals surface area contributed by atoms with E-state index in [0.29, 0.717) is 17.3 Å². The molecule has 13 heavy (non-hydrogen) atoms. The van der Waals surface area contributed by atoms with Crippen molar-refractivity contribution in [2.45, 2.75) is 34.6 Å². The lowest BCUT2D eigenvalue weighted by Crippen LogP contribution is -2.34. The number of hydrogen-bond donors (Lipinski definition) is 0. The van der Waals surface area contributed by atoms with E-state index in [4.69, 9.17) is 0 Å². The second kappa shape index (κ2) is 3.69. The molecule has 0 aromatic carbocycles. The van der Waals surface area contributed by atoms with Gasteiger partial charge in [0.1, 0.15) is 0 Å². The van der Waals surface area contributed by atoms with E-state index in [1.807, 2.05) is 0 Å². The van der Waals surface area contributed by atoms with Crippen molar-refractivity contribution in [2.24, 2.45) is 23.2 Å². The Kier molecular flexibility index (Phi) is 3.00. The van der Waals surface area contributed by atoms with Gasteiger partial charge in [0.15, 0.2) is 0 Å². The maximum Gasteiger partial charge on any atom is -0.00551 e. The summed E-state index contributed by atoms with van der Waals surface area (Å²) in [6.07, 6.45) is 9.13. The van der Waals surface area contributed by atoms with Crippen LogP contribution in [0.2, 0.25) is 0 Å². The maximum absolute atomic E-state index is 2.38. The average Bonchev–Trinajstić information content (AvgIpc) is 2.04. The number of rotatable bonds is 2. The first-order valence-corrected chi connectivity index (χ1v) is 5.34. The molecule has 2 unspecified atom stereocenters. The van der Waals surface area contributed by atoms with Crippen molar-refractivity contribution < 1.29 is 0 Å². The Morgan fingerprint density at radius 3 is 2.08 bits per heavy atom. The van der Waals surface area contributed by atoms with Crippen LogP contribution in [0.25, 0.3) is 0 Å². The predicted molar refractivity (Wildman–Crippen MR) is 59.6 cm³/mol. The molecule has 2 atom stereocenters. The number of hydrogen-bond acceptors (Lipinski definition) is 0. The van der Waals surface area contributed by atoms with Crippen LogP contribution in [0.3, 0.4) is 0 Å². The van der Waals surface area contributed by atoms with E-state index < -0.39 is 0 Å². The largest absolute Gasteiger partial charge is 0.0803 e. The van der Waals surface area contributed by atoms with Crippen LogP contribution in [0.5, 0.6) is 0 Å². The summed E-state index contributed by atoms with van der Waals surface area (Å²) in [4.78, 5) is 0. The molecule has 0 N–H and O–H groups in total. The van der Waals surface area contributed by atoms with Gasteiger partial charge >= 0.3 is 0 Å². The quantitative estimate of drug-likeness (QED) is 0.598. The molecule has 0 heterocycles. The summed E-state index contributed by atoms with van der Waals surface area (Å²) in [5, 5.41) is 0. The molecule has 0 radical (unpaired) electrons. The normalized spacial score (nSPS) is 33.3. The van der Waals surface area contributed by atoms with Crippen LogP contribution in [0.1, 0.15) is 34.6 Å². The Balaban J connectivity index is 2.93. The first-order valence-electron chi connectivity index (χ1n) is 5.34. The Labute approximate surface area is 82.7 Å². The van der Waals surface area contributed by atoms with Gasteiger partial charge in [-0.15, -0.1) is 0 Å². The Morgan fingerprint density at radius 2 is 1.69 bits per heavy atom. The molecule has 1 aliphatic carbocycles.